The lowest BCUT2D eigenvalue weighted by molar-refractivity contribution is -0.0570. The highest BCUT2D eigenvalue weighted by Gasteiger charge is 2.19. The standard InChI is InChI=1S/C17H29NO2/c1-6-15(18)16(14-9-7-13(2)8-10-14)19-11-12-20-17(3,4)5/h7-10,15-16H,6,11-12,18H2,1-5H3. The molecule has 0 aliphatic carbocycles. The summed E-state index contributed by atoms with van der Waals surface area (Å²) in [4.78, 5) is 0. The van der Waals surface area contributed by atoms with Gasteiger partial charge in [0.15, 0.2) is 0 Å². The van der Waals surface area contributed by atoms with Crippen molar-refractivity contribution < 1.29 is 9.47 Å². The lowest BCUT2D eigenvalue weighted by Gasteiger charge is -2.25. The van der Waals surface area contributed by atoms with Gasteiger partial charge in [0, 0.05) is 6.04 Å². The summed E-state index contributed by atoms with van der Waals surface area (Å²) in [5.74, 6) is 0. The van der Waals surface area contributed by atoms with Gasteiger partial charge in [0.05, 0.1) is 24.9 Å². The fourth-order valence-electron chi connectivity index (χ4n) is 1.96. The second-order valence-corrected chi connectivity index (χ2v) is 6.24. The molecule has 0 bridgehead atoms. The van der Waals surface area contributed by atoms with E-state index in [0.29, 0.717) is 13.2 Å². The molecule has 2 atom stereocenters. The van der Waals surface area contributed by atoms with Gasteiger partial charge in [-0.25, -0.2) is 0 Å². The van der Waals surface area contributed by atoms with E-state index in [1.165, 1.54) is 5.56 Å². The first kappa shape index (κ1) is 17.2. The van der Waals surface area contributed by atoms with Crippen molar-refractivity contribution in [2.24, 2.45) is 5.73 Å². The molecule has 0 aliphatic heterocycles. The number of hydrogen-bond acceptors (Lipinski definition) is 3. The topological polar surface area (TPSA) is 44.5 Å². The van der Waals surface area contributed by atoms with Crippen LogP contribution in [0.5, 0.6) is 0 Å². The number of nitrogens with two attached hydrogens (primary N) is 1. The van der Waals surface area contributed by atoms with E-state index in [2.05, 4.69) is 38.1 Å². The average Bonchev–Trinajstić information content (AvgIpc) is 2.38. The highest BCUT2D eigenvalue weighted by Crippen LogP contribution is 2.22. The van der Waals surface area contributed by atoms with Crippen LogP contribution < -0.4 is 5.73 Å². The first-order valence-corrected chi connectivity index (χ1v) is 7.41. The molecule has 0 spiro atoms. The highest BCUT2D eigenvalue weighted by atomic mass is 16.5. The number of benzene rings is 1. The molecule has 2 unspecified atom stereocenters. The number of hydrogen-bond donors (Lipinski definition) is 1. The van der Waals surface area contributed by atoms with Crippen LogP contribution in [-0.4, -0.2) is 24.9 Å². The summed E-state index contributed by atoms with van der Waals surface area (Å²) < 4.78 is 11.6. The lowest BCUT2D eigenvalue weighted by Crippen LogP contribution is -2.31. The smallest absolute Gasteiger partial charge is 0.0976 e. The summed E-state index contributed by atoms with van der Waals surface area (Å²) in [6, 6.07) is 8.40. The summed E-state index contributed by atoms with van der Waals surface area (Å²) in [5.41, 5.74) is 8.44. The van der Waals surface area contributed by atoms with Crippen molar-refractivity contribution in [3.05, 3.63) is 35.4 Å². The summed E-state index contributed by atoms with van der Waals surface area (Å²) >= 11 is 0. The van der Waals surface area contributed by atoms with E-state index < -0.39 is 0 Å². The molecule has 1 aromatic carbocycles. The average molecular weight is 279 g/mol. The van der Waals surface area contributed by atoms with Crippen molar-refractivity contribution in [2.75, 3.05) is 13.2 Å². The van der Waals surface area contributed by atoms with Crippen molar-refractivity contribution in [2.45, 2.75) is 58.8 Å². The molecule has 0 radical (unpaired) electrons. The summed E-state index contributed by atoms with van der Waals surface area (Å²) in [6.45, 7) is 11.4. The summed E-state index contributed by atoms with van der Waals surface area (Å²) in [7, 11) is 0. The van der Waals surface area contributed by atoms with Gasteiger partial charge in [-0.2, -0.15) is 0 Å². The molecule has 0 aromatic heterocycles. The van der Waals surface area contributed by atoms with Crippen LogP contribution in [0.4, 0.5) is 0 Å². The maximum atomic E-state index is 6.19. The van der Waals surface area contributed by atoms with Crippen molar-refractivity contribution in [3.8, 4) is 0 Å². The SMILES string of the molecule is CCC(N)C(OCCOC(C)(C)C)c1ccc(C)cc1. The van der Waals surface area contributed by atoms with Crippen molar-refractivity contribution >= 4 is 0 Å². The van der Waals surface area contributed by atoms with Gasteiger partial charge in [-0.15, -0.1) is 0 Å². The van der Waals surface area contributed by atoms with E-state index in [9.17, 15) is 0 Å². The second kappa shape index (κ2) is 7.77. The Morgan fingerprint density at radius 1 is 1.10 bits per heavy atom. The van der Waals surface area contributed by atoms with Crippen molar-refractivity contribution in [3.63, 3.8) is 0 Å². The minimum Gasteiger partial charge on any atom is -0.373 e. The minimum atomic E-state index is -0.129. The molecule has 3 heteroatoms. The zero-order valence-corrected chi connectivity index (χ0v) is 13.5. The monoisotopic (exact) mass is 279 g/mol. The molecule has 0 fully saturated rings. The molecule has 114 valence electrons. The van der Waals surface area contributed by atoms with E-state index in [1.807, 2.05) is 20.8 Å². The highest BCUT2D eigenvalue weighted by molar-refractivity contribution is 5.24. The number of rotatable bonds is 7. The molecule has 1 rings (SSSR count). The Labute approximate surface area is 123 Å². The van der Waals surface area contributed by atoms with Gasteiger partial charge >= 0.3 is 0 Å². The molecule has 20 heavy (non-hydrogen) atoms. The van der Waals surface area contributed by atoms with Crippen LogP contribution in [0.2, 0.25) is 0 Å². The van der Waals surface area contributed by atoms with Gasteiger partial charge in [0.2, 0.25) is 0 Å². The molecular weight excluding hydrogens is 250 g/mol. The first-order chi connectivity index (χ1) is 9.33. The van der Waals surface area contributed by atoms with Crippen LogP contribution >= 0.6 is 0 Å². The van der Waals surface area contributed by atoms with Gasteiger partial charge in [0.1, 0.15) is 0 Å². The first-order valence-electron chi connectivity index (χ1n) is 7.41. The van der Waals surface area contributed by atoms with E-state index >= 15 is 0 Å². The van der Waals surface area contributed by atoms with Gasteiger partial charge < -0.3 is 15.2 Å². The summed E-state index contributed by atoms with van der Waals surface area (Å²) in [5, 5.41) is 0. The van der Waals surface area contributed by atoms with Crippen LogP contribution in [0, 0.1) is 6.92 Å². The third kappa shape index (κ3) is 6.04. The summed E-state index contributed by atoms with van der Waals surface area (Å²) in [6.07, 6.45) is 0.822. The Balaban J connectivity index is 2.59. The van der Waals surface area contributed by atoms with Crippen LogP contribution in [0.25, 0.3) is 0 Å². The molecular formula is C17H29NO2. The second-order valence-electron chi connectivity index (χ2n) is 6.24. The Bertz CT molecular complexity index is 381. The van der Waals surface area contributed by atoms with E-state index in [1.54, 1.807) is 0 Å². The van der Waals surface area contributed by atoms with Crippen LogP contribution in [-0.2, 0) is 9.47 Å². The van der Waals surface area contributed by atoms with Crippen LogP contribution in [0.1, 0.15) is 51.3 Å². The fraction of sp³-hybridized carbons (Fsp3) is 0.647. The molecule has 1 aromatic rings. The van der Waals surface area contributed by atoms with Crippen LogP contribution in [0.15, 0.2) is 24.3 Å². The van der Waals surface area contributed by atoms with E-state index in [0.717, 1.165) is 12.0 Å². The lowest BCUT2D eigenvalue weighted by atomic mass is 10.00. The third-order valence-electron chi connectivity index (χ3n) is 3.18. The molecule has 0 saturated carbocycles. The van der Waals surface area contributed by atoms with Gasteiger partial charge in [-0.3, -0.25) is 0 Å². The van der Waals surface area contributed by atoms with Crippen molar-refractivity contribution in [1.29, 1.82) is 0 Å². The number of ether oxygens (including phenoxy) is 2. The van der Waals surface area contributed by atoms with Crippen molar-refractivity contribution in [1.82, 2.24) is 0 Å². The largest absolute Gasteiger partial charge is 0.373 e. The van der Waals surface area contributed by atoms with Gasteiger partial charge in [0.25, 0.3) is 0 Å². The van der Waals surface area contributed by atoms with Gasteiger partial charge in [-0.05, 0) is 39.7 Å². The van der Waals surface area contributed by atoms with Gasteiger partial charge in [-0.1, -0.05) is 36.8 Å². The molecule has 0 saturated heterocycles. The quantitative estimate of drug-likeness (QED) is 0.776. The van der Waals surface area contributed by atoms with E-state index in [-0.39, 0.29) is 17.7 Å². The fourth-order valence-corrected chi connectivity index (χ4v) is 1.96. The number of aryl methyl sites for hydroxylation is 1. The zero-order chi connectivity index (χ0) is 15.2. The Morgan fingerprint density at radius 3 is 2.20 bits per heavy atom. The molecule has 0 aliphatic rings. The maximum absolute atomic E-state index is 6.19. The molecule has 0 heterocycles. The molecule has 0 amide bonds. The zero-order valence-electron chi connectivity index (χ0n) is 13.5. The molecule has 2 N–H and O–H groups in total. The molecule has 3 nitrogen and oxygen atoms in total. The Kier molecular flexibility index (Phi) is 6.66. The Hall–Kier alpha value is -0.900. The predicted octanol–water partition coefficient (Wildman–Crippen LogP) is 3.61. The van der Waals surface area contributed by atoms with E-state index in [4.69, 9.17) is 15.2 Å². The van der Waals surface area contributed by atoms with Crippen LogP contribution in [0.3, 0.4) is 0 Å². The normalized spacial score (nSPS) is 15.1. The maximum Gasteiger partial charge on any atom is 0.0976 e. The Morgan fingerprint density at radius 2 is 1.70 bits per heavy atom. The third-order valence-corrected chi connectivity index (χ3v) is 3.18. The minimum absolute atomic E-state index is 0.00680. The predicted molar refractivity (Wildman–Crippen MR) is 83.8 cm³/mol.